The minimum absolute atomic E-state index is 0. The summed E-state index contributed by atoms with van der Waals surface area (Å²) < 4.78 is 7.55. The van der Waals surface area contributed by atoms with Crippen molar-refractivity contribution < 1.29 is 9.53 Å². The number of carbonyl (C=O) groups excluding carboxylic acids is 1. The first kappa shape index (κ1) is 13.3. The van der Waals surface area contributed by atoms with Crippen LogP contribution in [0.3, 0.4) is 0 Å². The van der Waals surface area contributed by atoms with E-state index >= 15 is 0 Å². The molecule has 0 spiro atoms. The Bertz CT molecular complexity index is 406. The first-order valence-electron chi connectivity index (χ1n) is 4.13. The molecule has 0 bridgehead atoms. The number of hydrogen-bond acceptors (Lipinski definition) is 4. The summed E-state index contributed by atoms with van der Waals surface area (Å²) in [7, 11) is 1.37. The minimum atomic E-state index is -0.341. The van der Waals surface area contributed by atoms with Crippen LogP contribution in [0.4, 0.5) is 0 Å². The van der Waals surface area contributed by atoms with Gasteiger partial charge in [0.2, 0.25) is 0 Å². The quantitative estimate of drug-likeness (QED) is 0.459. The maximum atomic E-state index is 11.2. The summed E-state index contributed by atoms with van der Waals surface area (Å²) in [5.41, 5.74) is 1.52. The number of carbonyl (C=O) groups is 1. The monoisotopic (exact) mass is 247 g/mol. The van der Waals surface area contributed by atoms with Gasteiger partial charge in [0, 0.05) is 4.90 Å². The van der Waals surface area contributed by atoms with Crippen LogP contribution in [0.1, 0.15) is 5.56 Å². The molecular weight excluding hydrogens is 237 g/mol. The summed E-state index contributed by atoms with van der Waals surface area (Å²) in [5.74, 6) is -0.341. The molecule has 0 atom stereocenters. The average Bonchev–Trinajstić information content (AvgIpc) is 2.27. The van der Waals surface area contributed by atoms with Crippen LogP contribution in [-0.4, -0.2) is 64.5 Å². The molecule has 5 heteroatoms. The van der Waals surface area contributed by atoms with Gasteiger partial charge in [0.25, 0.3) is 0 Å². The predicted molar refractivity (Wildman–Crippen MR) is 62.6 cm³/mol. The first-order valence-corrected chi connectivity index (χ1v) is 4.95. The van der Waals surface area contributed by atoms with E-state index < -0.39 is 0 Å². The molecule has 0 fully saturated rings. The van der Waals surface area contributed by atoms with Crippen molar-refractivity contribution in [3.05, 3.63) is 35.5 Å². The normalized spacial score (nSPS) is 12.7. The van der Waals surface area contributed by atoms with Gasteiger partial charge in [0.05, 0.1) is 7.11 Å². The van der Waals surface area contributed by atoms with Gasteiger partial charge in [-0.05, 0) is 29.7 Å². The van der Waals surface area contributed by atoms with Gasteiger partial charge in [-0.1, -0.05) is 18.2 Å². The van der Waals surface area contributed by atoms with E-state index in [2.05, 4.69) is 9.46 Å². The maximum absolute atomic E-state index is 11.2. The van der Waals surface area contributed by atoms with E-state index in [-0.39, 0.29) is 57.4 Å². The van der Waals surface area contributed by atoms with Gasteiger partial charge in [0.1, 0.15) is 5.70 Å². The van der Waals surface area contributed by atoms with E-state index in [1.807, 2.05) is 24.3 Å². The Morgan fingerprint density at radius 2 is 2.13 bits per heavy atom. The topological polar surface area (TPSA) is 38.3 Å². The summed E-state index contributed by atoms with van der Waals surface area (Å²) in [4.78, 5) is 12.3. The molecule has 15 heavy (non-hydrogen) atoms. The van der Waals surface area contributed by atoms with Gasteiger partial charge in [-0.25, -0.2) is 4.79 Å². The third kappa shape index (κ3) is 3.09. The zero-order chi connectivity index (χ0) is 9.97. The fourth-order valence-electron chi connectivity index (χ4n) is 1.20. The van der Waals surface area contributed by atoms with Crippen molar-refractivity contribution in [2.75, 3.05) is 7.11 Å². The van der Waals surface area contributed by atoms with E-state index in [0.717, 1.165) is 10.5 Å². The van der Waals surface area contributed by atoms with Crippen LogP contribution in [0.25, 0.3) is 6.08 Å². The Kier molecular flexibility index (Phi) is 5.38. The van der Waals surface area contributed by atoms with Crippen molar-refractivity contribution in [2.24, 2.45) is 0 Å². The zero-order valence-electron chi connectivity index (χ0n) is 7.61. The van der Waals surface area contributed by atoms with E-state index in [1.165, 1.54) is 19.1 Å². The summed E-state index contributed by atoms with van der Waals surface area (Å²) in [6.45, 7) is 0. The summed E-state index contributed by atoms with van der Waals surface area (Å²) in [5, 5.41) is 0. The van der Waals surface area contributed by atoms with Gasteiger partial charge in [-0.3, -0.25) is 0 Å². The molecule has 0 radical (unpaired) electrons. The van der Waals surface area contributed by atoms with Gasteiger partial charge in [0.15, 0.2) is 0 Å². The summed E-state index contributed by atoms with van der Waals surface area (Å²) >= 11 is 1.42. The zero-order valence-corrected chi connectivity index (χ0v) is 8.43. The molecule has 0 aromatic heterocycles. The Morgan fingerprint density at radius 1 is 1.40 bits per heavy atom. The molecule has 1 aliphatic rings. The number of rotatable bonds is 1. The van der Waals surface area contributed by atoms with Crippen LogP contribution in [0.15, 0.2) is 34.9 Å². The number of ether oxygens (including phenoxy) is 1. The second kappa shape index (κ2) is 6.08. The van der Waals surface area contributed by atoms with E-state index in [0.29, 0.717) is 5.70 Å². The van der Waals surface area contributed by atoms with Crippen molar-refractivity contribution in [3.8, 4) is 0 Å². The fourth-order valence-corrected chi connectivity index (χ4v) is 1.95. The van der Waals surface area contributed by atoms with Gasteiger partial charge in [-0.15, -0.1) is 0 Å². The van der Waals surface area contributed by atoms with Gasteiger partial charge >= 0.3 is 57.4 Å². The first-order chi connectivity index (χ1) is 6.81. The third-order valence-electron chi connectivity index (χ3n) is 1.90. The van der Waals surface area contributed by atoms with Crippen molar-refractivity contribution in [3.63, 3.8) is 0 Å². The third-order valence-corrected chi connectivity index (χ3v) is 2.81. The van der Waals surface area contributed by atoms with Crippen LogP contribution in [0.2, 0.25) is 0 Å². The predicted octanol–water partition coefficient (Wildman–Crippen LogP) is 1.16. The van der Waals surface area contributed by atoms with Crippen molar-refractivity contribution in [1.29, 1.82) is 0 Å². The summed E-state index contributed by atoms with van der Waals surface area (Å²) in [6.07, 6.45) is 1.79. The number of hydrogen-bond donors (Lipinski definition) is 1. The molecule has 1 N–H and O–H groups in total. The van der Waals surface area contributed by atoms with Gasteiger partial charge < -0.3 is 9.46 Å². The van der Waals surface area contributed by atoms with Gasteiger partial charge in [-0.2, -0.15) is 0 Å². The molecule has 1 heterocycles. The van der Waals surface area contributed by atoms with Crippen LogP contribution in [0.5, 0.6) is 0 Å². The number of methoxy groups -OCH3 is 1. The second-order valence-electron chi connectivity index (χ2n) is 2.79. The van der Waals surface area contributed by atoms with E-state index in [4.69, 9.17) is 0 Å². The molecule has 1 aromatic rings. The van der Waals surface area contributed by atoms with Crippen LogP contribution in [-0.2, 0) is 9.53 Å². The number of esters is 1. The molecule has 2 rings (SSSR count). The van der Waals surface area contributed by atoms with Crippen LogP contribution >= 0.6 is 11.9 Å². The molecule has 0 aliphatic carbocycles. The van der Waals surface area contributed by atoms with Crippen molar-refractivity contribution in [1.82, 2.24) is 4.72 Å². The number of benzene rings is 1. The molecule has 0 unspecified atom stereocenters. The SMILES string of the molecule is COC(=O)C1=Cc2ccccc2SN1.[KH]. The average molecular weight is 247 g/mol. The molecule has 1 aliphatic heterocycles. The van der Waals surface area contributed by atoms with E-state index in [1.54, 1.807) is 6.08 Å². The number of fused-ring (bicyclic) bond motifs is 1. The van der Waals surface area contributed by atoms with Crippen LogP contribution < -0.4 is 4.72 Å². The Morgan fingerprint density at radius 3 is 2.87 bits per heavy atom. The summed E-state index contributed by atoms with van der Waals surface area (Å²) in [6, 6.07) is 7.87. The molecular formula is C10H10KNO2S. The Balaban J connectivity index is 0.00000112. The molecule has 0 amide bonds. The molecule has 0 saturated heterocycles. The van der Waals surface area contributed by atoms with Crippen molar-refractivity contribution >= 4 is 75.4 Å². The second-order valence-corrected chi connectivity index (χ2v) is 3.64. The standard InChI is InChI=1S/C10H9NO2S.K.H/c1-13-10(12)8-6-7-4-2-3-5-9(7)14-11-8;;/h2-6,11H,1H3;;. The molecule has 1 aromatic carbocycles. The fraction of sp³-hybridized carbons (Fsp3) is 0.100. The molecule has 74 valence electrons. The Hall–Kier alpha value is 0.216. The molecule has 3 nitrogen and oxygen atoms in total. The van der Waals surface area contributed by atoms with Crippen LogP contribution in [0, 0.1) is 0 Å². The number of nitrogens with one attached hydrogen (secondary N) is 1. The van der Waals surface area contributed by atoms with Crippen molar-refractivity contribution in [2.45, 2.75) is 4.90 Å². The molecule has 0 saturated carbocycles. The Labute approximate surface area is 135 Å². The van der Waals surface area contributed by atoms with E-state index in [9.17, 15) is 4.79 Å².